The molecule has 0 bridgehead atoms. The van der Waals surface area contributed by atoms with Crippen molar-refractivity contribution in [2.45, 2.75) is 26.3 Å². The molecule has 1 aromatic heterocycles. The Bertz CT molecular complexity index is 399. The first kappa shape index (κ1) is 17.6. The van der Waals surface area contributed by atoms with Crippen LogP contribution in [-0.2, 0) is 0 Å². The van der Waals surface area contributed by atoms with E-state index in [0.717, 1.165) is 23.5 Å². The van der Waals surface area contributed by atoms with E-state index >= 15 is 0 Å². The van der Waals surface area contributed by atoms with Crippen LogP contribution in [0, 0.1) is 12.8 Å². The van der Waals surface area contributed by atoms with Crippen molar-refractivity contribution in [1.29, 1.82) is 0 Å². The summed E-state index contributed by atoms with van der Waals surface area (Å²) in [5, 5.41) is 0. The van der Waals surface area contributed by atoms with Crippen LogP contribution in [0.15, 0.2) is 5.51 Å². The number of carbonyl (C=O) groups excluding carboxylic acids is 1. The van der Waals surface area contributed by atoms with Gasteiger partial charge in [0.1, 0.15) is 4.88 Å². The van der Waals surface area contributed by atoms with E-state index in [1.165, 1.54) is 11.3 Å². The van der Waals surface area contributed by atoms with E-state index in [4.69, 9.17) is 5.73 Å². The zero-order valence-electron chi connectivity index (χ0n) is 10.5. The van der Waals surface area contributed by atoms with E-state index in [-0.39, 0.29) is 30.7 Å². The van der Waals surface area contributed by atoms with Gasteiger partial charge in [-0.2, -0.15) is 0 Å². The molecule has 1 aliphatic rings. The zero-order valence-corrected chi connectivity index (χ0v) is 12.9. The highest BCUT2D eigenvalue weighted by Gasteiger charge is 2.33. The summed E-state index contributed by atoms with van der Waals surface area (Å²) < 4.78 is 0. The lowest BCUT2D eigenvalue weighted by molar-refractivity contribution is 0.0747. The molecule has 1 aromatic rings. The predicted octanol–water partition coefficient (Wildman–Crippen LogP) is 2.10. The van der Waals surface area contributed by atoms with Gasteiger partial charge in [0.2, 0.25) is 0 Å². The maximum atomic E-state index is 12.3. The van der Waals surface area contributed by atoms with Crippen LogP contribution in [0.3, 0.4) is 0 Å². The fourth-order valence-corrected chi connectivity index (χ4v) is 2.99. The van der Waals surface area contributed by atoms with E-state index in [0.29, 0.717) is 18.5 Å². The van der Waals surface area contributed by atoms with Crippen LogP contribution in [0.25, 0.3) is 0 Å². The van der Waals surface area contributed by atoms with Gasteiger partial charge in [0.05, 0.1) is 11.2 Å². The zero-order chi connectivity index (χ0) is 11.7. The molecule has 7 heteroatoms. The number of thiazole rings is 1. The van der Waals surface area contributed by atoms with Crippen LogP contribution in [0.1, 0.15) is 28.7 Å². The first-order valence-corrected chi connectivity index (χ1v) is 6.42. The molecule has 2 unspecified atom stereocenters. The Morgan fingerprint density at radius 1 is 1.61 bits per heavy atom. The molecule has 0 aromatic carbocycles. The monoisotopic (exact) mass is 311 g/mol. The first-order chi connectivity index (χ1) is 7.63. The Labute approximate surface area is 124 Å². The predicted molar refractivity (Wildman–Crippen MR) is 79.0 cm³/mol. The van der Waals surface area contributed by atoms with Crippen molar-refractivity contribution >= 4 is 42.1 Å². The molecule has 0 saturated carbocycles. The molecule has 4 nitrogen and oxygen atoms in total. The summed E-state index contributed by atoms with van der Waals surface area (Å²) >= 11 is 1.42. The molecule has 2 N–H and O–H groups in total. The Kier molecular flexibility index (Phi) is 7.14. The topological polar surface area (TPSA) is 59.2 Å². The normalized spacial score (nSPS) is 22.3. The molecule has 1 fully saturated rings. The van der Waals surface area contributed by atoms with Gasteiger partial charge in [0.15, 0.2) is 0 Å². The second-order valence-corrected chi connectivity index (χ2v) is 5.27. The molecule has 0 aliphatic carbocycles. The number of nitrogens with zero attached hydrogens (tertiary/aromatic N) is 2. The molecule has 18 heavy (non-hydrogen) atoms. The van der Waals surface area contributed by atoms with Crippen molar-refractivity contribution in [3.8, 4) is 0 Å². The summed E-state index contributed by atoms with van der Waals surface area (Å²) in [6, 6.07) is 0.294. The number of rotatable bonds is 2. The van der Waals surface area contributed by atoms with Gasteiger partial charge in [-0.25, -0.2) is 4.98 Å². The average molecular weight is 312 g/mol. The number of halogens is 2. The molecule has 2 rings (SSSR count). The smallest absolute Gasteiger partial charge is 0.266 e. The van der Waals surface area contributed by atoms with Crippen LogP contribution in [0.5, 0.6) is 0 Å². The molecule has 1 saturated heterocycles. The molecule has 2 heterocycles. The molecular weight excluding hydrogens is 293 g/mol. The summed E-state index contributed by atoms with van der Waals surface area (Å²) in [6.07, 6.45) is 1.01. The van der Waals surface area contributed by atoms with Crippen LogP contribution < -0.4 is 5.73 Å². The molecule has 104 valence electrons. The third kappa shape index (κ3) is 3.35. The van der Waals surface area contributed by atoms with Crippen molar-refractivity contribution in [3.63, 3.8) is 0 Å². The lowest BCUT2D eigenvalue weighted by Gasteiger charge is -2.20. The molecule has 2 atom stereocenters. The van der Waals surface area contributed by atoms with Crippen LogP contribution in [0.2, 0.25) is 0 Å². The Hall–Kier alpha value is -0.360. The number of nitrogens with two attached hydrogens (primary N) is 1. The summed E-state index contributed by atoms with van der Waals surface area (Å²) in [7, 11) is 0. The average Bonchev–Trinajstić information content (AvgIpc) is 2.83. The molecule has 1 aliphatic heterocycles. The lowest BCUT2D eigenvalue weighted by atomic mass is 10.1. The van der Waals surface area contributed by atoms with Crippen LogP contribution in [0.4, 0.5) is 0 Å². The van der Waals surface area contributed by atoms with E-state index in [2.05, 4.69) is 11.9 Å². The second-order valence-electron chi connectivity index (χ2n) is 4.41. The van der Waals surface area contributed by atoms with Crippen molar-refractivity contribution < 1.29 is 4.79 Å². The minimum atomic E-state index is 0. The summed E-state index contributed by atoms with van der Waals surface area (Å²) in [5.74, 6) is 0.565. The SMILES string of the molecule is Cc1ncsc1C(=O)N1CC(CN)CC1C.Cl.Cl. The number of aromatic nitrogens is 1. The minimum absolute atomic E-state index is 0. The summed E-state index contributed by atoms with van der Waals surface area (Å²) in [5.41, 5.74) is 8.22. The number of carbonyl (C=O) groups is 1. The van der Waals surface area contributed by atoms with Crippen LogP contribution in [-0.4, -0.2) is 34.9 Å². The van der Waals surface area contributed by atoms with Gasteiger partial charge < -0.3 is 10.6 Å². The number of hydrogen-bond acceptors (Lipinski definition) is 4. The first-order valence-electron chi connectivity index (χ1n) is 5.54. The lowest BCUT2D eigenvalue weighted by Crippen LogP contribution is -2.34. The van der Waals surface area contributed by atoms with Gasteiger partial charge in [-0.15, -0.1) is 36.2 Å². The number of amides is 1. The maximum Gasteiger partial charge on any atom is 0.266 e. The van der Waals surface area contributed by atoms with Gasteiger partial charge in [-0.1, -0.05) is 0 Å². The molecular formula is C11H19Cl2N3OS. The second kappa shape index (κ2) is 7.28. The highest BCUT2D eigenvalue weighted by molar-refractivity contribution is 7.11. The quantitative estimate of drug-likeness (QED) is 0.910. The molecule has 0 spiro atoms. The van der Waals surface area contributed by atoms with Gasteiger partial charge in [0, 0.05) is 12.6 Å². The Balaban J connectivity index is 0.00000144. The molecule has 1 amide bonds. The van der Waals surface area contributed by atoms with Crippen molar-refractivity contribution in [2.24, 2.45) is 11.7 Å². The van der Waals surface area contributed by atoms with Crippen molar-refractivity contribution in [2.75, 3.05) is 13.1 Å². The van der Waals surface area contributed by atoms with Gasteiger partial charge in [-0.05, 0) is 32.7 Å². The highest BCUT2D eigenvalue weighted by Crippen LogP contribution is 2.26. The fraction of sp³-hybridized carbons (Fsp3) is 0.636. The standard InChI is InChI=1S/C11H17N3OS.2ClH/c1-7-3-9(4-12)5-14(7)11(15)10-8(2)13-6-16-10;;/h6-7,9H,3-5,12H2,1-2H3;2*1H. The van der Waals surface area contributed by atoms with E-state index in [1.807, 2.05) is 11.8 Å². The third-order valence-electron chi connectivity index (χ3n) is 3.20. The van der Waals surface area contributed by atoms with E-state index in [1.54, 1.807) is 5.51 Å². The number of aryl methyl sites for hydroxylation is 1. The third-order valence-corrected chi connectivity index (χ3v) is 4.11. The summed E-state index contributed by atoms with van der Waals surface area (Å²) in [4.78, 5) is 19.1. The largest absolute Gasteiger partial charge is 0.335 e. The van der Waals surface area contributed by atoms with E-state index < -0.39 is 0 Å². The van der Waals surface area contributed by atoms with Gasteiger partial charge in [-0.3, -0.25) is 4.79 Å². The van der Waals surface area contributed by atoms with Crippen molar-refractivity contribution in [1.82, 2.24) is 9.88 Å². The molecule has 0 radical (unpaired) electrons. The van der Waals surface area contributed by atoms with Crippen LogP contribution >= 0.6 is 36.2 Å². The van der Waals surface area contributed by atoms with Gasteiger partial charge >= 0.3 is 0 Å². The summed E-state index contributed by atoms with van der Waals surface area (Å²) in [6.45, 7) is 5.42. The van der Waals surface area contributed by atoms with E-state index in [9.17, 15) is 4.79 Å². The Morgan fingerprint density at radius 3 is 2.72 bits per heavy atom. The van der Waals surface area contributed by atoms with Gasteiger partial charge in [0.25, 0.3) is 5.91 Å². The van der Waals surface area contributed by atoms with Crippen molar-refractivity contribution in [3.05, 3.63) is 16.1 Å². The highest BCUT2D eigenvalue weighted by atomic mass is 35.5. The minimum Gasteiger partial charge on any atom is -0.335 e. The number of hydrogen-bond donors (Lipinski definition) is 1. The Morgan fingerprint density at radius 2 is 2.28 bits per heavy atom. The maximum absolute atomic E-state index is 12.3. The number of likely N-dealkylation sites (tertiary alicyclic amines) is 1. The fourth-order valence-electron chi connectivity index (χ4n) is 2.23.